The smallest absolute Gasteiger partial charge is 0.305 e. The Morgan fingerprint density at radius 3 is 0.947 bits per heavy atom. The highest BCUT2D eigenvalue weighted by Gasteiger charge is 2.20. The van der Waals surface area contributed by atoms with Gasteiger partial charge < -0.3 is 20.3 Å². The van der Waals surface area contributed by atoms with Gasteiger partial charge >= 0.3 is 5.97 Å². The molecule has 0 spiro atoms. The van der Waals surface area contributed by atoms with Crippen molar-refractivity contribution in [3.63, 3.8) is 0 Å². The summed E-state index contributed by atoms with van der Waals surface area (Å²) in [6, 6.07) is -0.548. The molecule has 0 rings (SSSR count). The van der Waals surface area contributed by atoms with E-state index in [1.165, 1.54) is 302 Å². The maximum absolute atomic E-state index is 12.5. The Hall–Kier alpha value is -1.66. The highest BCUT2D eigenvalue weighted by Crippen LogP contribution is 2.18. The molecular formula is C69H133NO5. The number of aliphatic hydroxyl groups excluding tert-OH is 2. The molecule has 0 aliphatic carbocycles. The van der Waals surface area contributed by atoms with Crippen LogP contribution in [-0.4, -0.2) is 47.4 Å². The highest BCUT2D eigenvalue weighted by atomic mass is 16.5. The summed E-state index contributed by atoms with van der Waals surface area (Å²) in [5.74, 6) is -0.0308. The molecule has 0 aliphatic heterocycles. The zero-order valence-corrected chi connectivity index (χ0v) is 50.8. The molecule has 0 saturated heterocycles. The van der Waals surface area contributed by atoms with Crippen molar-refractivity contribution in [1.29, 1.82) is 0 Å². The van der Waals surface area contributed by atoms with Crippen LogP contribution in [0.2, 0.25) is 0 Å². The summed E-state index contributed by atoms with van der Waals surface area (Å²) in [4.78, 5) is 24.6. The van der Waals surface area contributed by atoms with Crippen LogP contribution in [0, 0.1) is 0 Å². The molecule has 0 saturated carbocycles. The van der Waals surface area contributed by atoms with Crippen LogP contribution < -0.4 is 5.32 Å². The van der Waals surface area contributed by atoms with Crippen molar-refractivity contribution in [3.8, 4) is 0 Å². The van der Waals surface area contributed by atoms with E-state index in [-0.39, 0.29) is 18.5 Å². The highest BCUT2D eigenvalue weighted by molar-refractivity contribution is 5.76. The molecule has 1 amide bonds. The van der Waals surface area contributed by atoms with E-state index in [0.29, 0.717) is 25.9 Å². The number of allylic oxidation sites excluding steroid dienone is 4. The minimum absolute atomic E-state index is 0.00866. The molecule has 6 heteroatoms. The SMILES string of the molecule is CCCCCCCC/C=C\CCCCCCCCCCCC(=O)OCCCCCCCCCCCC/C=C\CCCCCCCCCC(=O)NC(CO)C(O)CCCCCCCCCCCCCCCCCCCC. The lowest BCUT2D eigenvalue weighted by molar-refractivity contribution is -0.143. The van der Waals surface area contributed by atoms with E-state index in [2.05, 4.69) is 43.5 Å². The molecular weight excluding hydrogens is 923 g/mol. The van der Waals surface area contributed by atoms with E-state index >= 15 is 0 Å². The number of hydrogen-bond acceptors (Lipinski definition) is 5. The third-order valence-corrected chi connectivity index (χ3v) is 16.0. The van der Waals surface area contributed by atoms with Crippen LogP contribution in [0.5, 0.6) is 0 Å². The number of esters is 1. The molecule has 0 aliphatic rings. The normalized spacial score (nSPS) is 12.6. The van der Waals surface area contributed by atoms with Crippen molar-refractivity contribution in [3.05, 3.63) is 24.3 Å². The second-order valence-electron chi connectivity index (χ2n) is 23.5. The van der Waals surface area contributed by atoms with E-state index in [1.807, 2.05) is 0 Å². The largest absolute Gasteiger partial charge is 0.466 e. The first-order chi connectivity index (χ1) is 37.0. The topological polar surface area (TPSA) is 95.9 Å². The Balaban J connectivity index is 3.40. The lowest BCUT2D eigenvalue weighted by Gasteiger charge is -2.22. The zero-order valence-electron chi connectivity index (χ0n) is 50.8. The monoisotopic (exact) mass is 1060 g/mol. The molecule has 2 unspecified atom stereocenters. The van der Waals surface area contributed by atoms with Crippen LogP contribution in [0.15, 0.2) is 24.3 Å². The standard InChI is InChI=1S/C69H133NO5/c1-3-5-7-9-11-13-15-17-19-21-26-31-35-39-43-47-51-55-59-63-69(74)75-64-60-56-52-48-44-40-36-32-28-25-23-24-27-30-34-38-42-46-50-54-58-62-68(73)70-66(65-71)67(72)61-57-53-49-45-41-37-33-29-22-20-18-16-14-12-10-8-6-4-2/h17,19,24,27,66-67,71-72H,3-16,18,20-23,25-26,28-65H2,1-2H3,(H,70,73)/b19-17-,27-24-. The number of ether oxygens (including phenoxy) is 1. The van der Waals surface area contributed by atoms with Crippen molar-refractivity contribution in [2.45, 2.75) is 392 Å². The van der Waals surface area contributed by atoms with Gasteiger partial charge in [-0.15, -0.1) is 0 Å². The summed E-state index contributed by atoms with van der Waals surface area (Å²) in [6.07, 6.45) is 80.6. The summed E-state index contributed by atoms with van der Waals surface area (Å²) >= 11 is 0. The minimum atomic E-state index is -0.670. The van der Waals surface area contributed by atoms with Crippen molar-refractivity contribution < 1.29 is 24.5 Å². The van der Waals surface area contributed by atoms with Gasteiger partial charge in [0.2, 0.25) is 5.91 Å². The molecule has 0 fully saturated rings. The molecule has 3 N–H and O–H groups in total. The first-order valence-electron chi connectivity index (χ1n) is 34.1. The van der Waals surface area contributed by atoms with Gasteiger partial charge in [0.1, 0.15) is 0 Å². The average molecular weight is 1060 g/mol. The number of aliphatic hydroxyl groups is 2. The number of unbranched alkanes of at least 4 members (excludes halogenated alkanes) is 49. The fourth-order valence-electron chi connectivity index (χ4n) is 10.7. The number of rotatable bonds is 64. The number of amides is 1. The first-order valence-corrected chi connectivity index (χ1v) is 34.1. The van der Waals surface area contributed by atoms with Gasteiger partial charge in [0.25, 0.3) is 0 Å². The predicted molar refractivity (Wildman–Crippen MR) is 329 cm³/mol. The second kappa shape index (κ2) is 64.9. The second-order valence-corrected chi connectivity index (χ2v) is 23.5. The summed E-state index contributed by atoms with van der Waals surface area (Å²) in [5.41, 5.74) is 0. The van der Waals surface area contributed by atoms with Crippen molar-refractivity contribution in [2.24, 2.45) is 0 Å². The lowest BCUT2D eigenvalue weighted by atomic mass is 10.0. The van der Waals surface area contributed by atoms with E-state index in [9.17, 15) is 19.8 Å². The maximum atomic E-state index is 12.5. The van der Waals surface area contributed by atoms with Crippen LogP contribution in [0.25, 0.3) is 0 Å². The van der Waals surface area contributed by atoms with Crippen molar-refractivity contribution in [1.82, 2.24) is 5.32 Å². The zero-order chi connectivity index (χ0) is 54.3. The number of nitrogens with one attached hydrogen (secondary N) is 1. The molecule has 2 atom stereocenters. The Morgan fingerprint density at radius 1 is 0.360 bits per heavy atom. The molecule has 0 aromatic carbocycles. The van der Waals surface area contributed by atoms with Gasteiger partial charge in [-0.05, 0) is 77.0 Å². The first kappa shape index (κ1) is 73.3. The number of carbonyl (C=O) groups is 2. The van der Waals surface area contributed by atoms with Crippen LogP contribution in [-0.2, 0) is 14.3 Å². The average Bonchev–Trinajstić information content (AvgIpc) is 3.41. The maximum Gasteiger partial charge on any atom is 0.305 e. The van der Waals surface area contributed by atoms with Crippen LogP contribution in [0.4, 0.5) is 0 Å². The number of hydrogen-bond donors (Lipinski definition) is 3. The third-order valence-electron chi connectivity index (χ3n) is 16.0. The van der Waals surface area contributed by atoms with Crippen LogP contribution in [0.3, 0.4) is 0 Å². The summed E-state index contributed by atoms with van der Waals surface area (Å²) < 4.78 is 5.50. The number of carbonyl (C=O) groups excluding carboxylic acids is 2. The molecule has 0 aromatic heterocycles. The van der Waals surface area contributed by atoms with Crippen LogP contribution >= 0.6 is 0 Å². The van der Waals surface area contributed by atoms with Gasteiger partial charge in [-0.2, -0.15) is 0 Å². The molecule has 444 valence electrons. The van der Waals surface area contributed by atoms with E-state index < -0.39 is 12.1 Å². The Bertz CT molecular complexity index is 1170. The van der Waals surface area contributed by atoms with Crippen molar-refractivity contribution in [2.75, 3.05) is 13.2 Å². The molecule has 0 aromatic rings. The van der Waals surface area contributed by atoms with Gasteiger partial charge in [0, 0.05) is 12.8 Å². The van der Waals surface area contributed by atoms with Gasteiger partial charge in [-0.3, -0.25) is 9.59 Å². The molecule has 75 heavy (non-hydrogen) atoms. The molecule has 0 radical (unpaired) electrons. The van der Waals surface area contributed by atoms with Gasteiger partial charge in [-0.1, -0.05) is 314 Å². The predicted octanol–water partition coefficient (Wildman–Crippen LogP) is 21.8. The van der Waals surface area contributed by atoms with Crippen molar-refractivity contribution >= 4 is 11.9 Å². The van der Waals surface area contributed by atoms with E-state index in [4.69, 9.17) is 4.74 Å². The lowest BCUT2D eigenvalue weighted by Crippen LogP contribution is -2.45. The van der Waals surface area contributed by atoms with E-state index in [0.717, 1.165) is 44.9 Å². The fourth-order valence-corrected chi connectivity index (χ4v) is 10.7. The quantitative estimate of drug-likeness (QED) is 0.0320. The summed E-state index contributed by atoms with van der Waals surface area (Å²) in [6.45, 7) is 4.97. The van der Waals surface area contributed by atoms with Gasteiger partial charge in [0.15, 0.2) is 0 Å². The Morgan fingerprint density at radius 2 is 0.627 bits per heavy atom. The minimum Gasteiger partial charge on any atom is -0.466 e. The Kier molecular flexibility index (Phi) is 63.4. The molecule has 0 heterocycles. The van der Waals surface area contributed by atoms with Crippen LogP contribution in [0.1, 0.15) is 380 Å². The molecule has 0 bridgehead atoms. The summed E-state index contributed by atoms with van der Waals surface area (Å²) in [7, 11) is 0. The third kappa shape index (κ3) is 61.4. The Labute approximate surface area is 469 Å². The summed E-state index contributed by atoms with van der Waals surface area (Å²) in [5, 5.41) is 23.4. The van der Waals surface area contributed by atoms with E-state index in [1.54, 1.807) is 0 Å². The fraction of sp³-hybridized carbons (Fsp3) is 0.913. The molecule has 6 nitrogen and oxygen atoms in total. The van der Waals surface area contributed by atoms with Gasteiger partial charge in [0.05, 0.1) is 25.4 Å². The van der Waals surface area contributed by atoms with Gasteiger partial charge in [-0.25, -0.2) is 0 Å².